The number of benzene rings is 1. The summed E-state index contributed by atoms with van der Waals surface area (Å²) in [4.78, 5) is 54.8. The molecule has 0 unspecified atom stereocenters. The molecule has 1 aromatic rings. The molecule has 10 nitrogen and oxygen atoms in total. The van der Waals surface area contributed by atoms with Gasteiger partial charge in [0.25, 0.3) is 0 Å². The normalized spacial score (nSPS) is 38.3. The summed E-state index contributed by atoms with van der Waals surface area (Å²) in [5.41, 5.74) is -4.57. The number of Topliss-reactive ketones (excluding diaryl/α,β-unsaturated/α-hetero) is 1. The quantitative estimate of drug-likeness (QED) is 0.197. The molecule has 1 aliphatic heterocycles. The maximum atomic E-state index is 15.3. The number of ketones is 1. The van der Waals surface area contributed by atoms with E-state index in [2.05, 4.69) is 0 Å². The molecule has 1 saturated heterocycles. The second-order valence-corrected chi connectivity index (χ2v) is 19.8. The van der Waals surface area contributed by atoms with Crippen LogP contribution in [0.2, 0.25) is 19.6 Å². The minimum atomic E-state index is -2.27. The Labute approximate surface area is 272 Å². The van der Waals surface area contributed by atoms with E-state index in [0.717, 1.165) is 0 Å². The smallest absolute Gasteiger partial charge is 0.338 e. The van der Waals surface area contributed by atoms with E-state index in [-0.39, 0.29) is 18.6 Å². The Bertz CT molecular complexity index is 1460. The zero-order valence-electron chi connectivity index (χ0n) is 28.6. The minimum absolute atomic E-state index is 0.0238. The fourth-order valence-electron chi connectivity index (χ4n) is 8.74. The van der Waals surface area contributed by atoms with Crippen LogP contribution in [0.4, 0.5) is 0 Å². The Morgan fingerprint density at radius 2 is 1.63 bits per heavy atom. The van der Waals surface area contributed by atoms with Crippen molar-refractivity contribution < 1.29 is 47.7 Å². The van der Waals surface area contributed by atoms with Crippen LogP contribution in [0.25, 0.3) is 0 Å². The third-order valence-electron chi connectivity index (χ3n) is 11.1. The second-order valence-electron chi connectivity index (χ2n) is 15.4. The third kappa shape index (κ3) is 5.18. The molecule has 0 radical (unpaired) electrons. The van der Waals surface area contributed by atoms with Crippen LogP contribution in [0.15, 0.2) is 41.5 Å². The molecule has 5 rings (SSSR count). The van der Waals surface area contributed by atoms with Gasteiger partial charge < -0.3 is 28.5 Å². The zero-order chi connectivity index (χ0) is 34.2. The van der Waals surface area contributed by atoms with Gasteiger partial charge in [-0.1, -0.05) is 45.9 Å². The van der Waals surface area contributed by atoms with Crippen LogP contribution in [0.3, 0.4) is 0 Å². The summed E-state index contributed by atoms with van der Waals surface area (Å²) in [6, 6.07) is 8.45. The first-order chi connectivity index (χ1) is 21.2. The minimum Gasteiger partial charge on any atom is -0.455 e. The van der Waals surface area contributed by atoms with Gasteiger partial charge in [-0.15, -0.1) is 0 Å². The molecule has 2 saturated carbocycles. The molecule has 0 spiro atoms. The van der Waals surface area contributed by atoms with Crippen molar-refractivity contribution in [3.05, 3.63) is 47.0 Å². The average molecular weight is 657 g/mol. The van der Waals surface area contributed by atoms with Gasteiger partial charge in [0.05, 0.1) is 24.2 Å². The number of carbonyl (C=O) groups is 4. The van der Waals surface area contributed by atoms with E-state index in [1.807, 2.05) is 33.5 Å². The third-order valence-corrected chi connectivity index (χ3v) is 12.1. The van der Waals surface area contributed by atoms with E-state index < -0.39 is 90.3 Å². The standard InChI is InChI=1S/C35H48O10Si/c1-19-16-25-34(18-41-25,44-22(4)37)28-30(43-31(39)23-14-12-11-13-15-23)35(40)17-24(45-46(8,9)10)20(2)26(32(35,5)6)27(42-21(3)36)29(38)33(19,28)7/h11-15,19,24-25,27-28,30,40H,16-18H2,1-10H3/t19-,24-,25+,27+,28-,30-,33+,34-,35+/m0/s1. The van der Waals surface area contributed by atoms with Crippen molar-refractivity contribution >= 4 is 32.0 Å². The van der Waals surface area contributed by atoms with Crippen LogP contribution in [-0.2, 0) is 37.8 Å². The predicted molar refractivity (Wildman–Crippen MR) is 170 cm³/mol. The maximum Gasteiger partial charge on any atom is 0.338 e. The Hall–Kier alpha value is -2.86. The van der Waals surface area contributed by atoms with Gasteiger partial charge >= 0.3 is 17.9 Å². The molecular weight excluding hydrogens is 608 g/mol. The van der Waals surface area contributed by atoms with Gasteiger partial charge in [0, 0.05) is 31.1 Å². The summed E-state index contributed by atoms with van der Waals surface area (Å²) >= 11 is 0. The molecule has 11 heteroatoms. The number of hydrogen-bond acceptors (Lipinski definition) is 10. The molecule has 9 atom stereocenters. The Balaban J connectivity index is 1.86. The second kappa shape index (κ2) is 11.4. The summed E-state index contributed by atoms with van der Waals surface area (Å²) in [7, 11) is -2.27. The lowest BCUT2D eigenvalue weighted by molar-refractivity contribution is -0.340. The highest BCUT2D eigenvalue weighted by atomic mass is 28.4. The van der Waals surface area contributed by atoms with Crippen molar-refractivity contribution in [1.82, 2.24) is 0 Å². The SMILES string of the molecule is CC(=O)O[C@H]1C(=O)[C@@]2(C)[C@H]([C@H](OC(=O)c3ccccc3)[C@]3(O)C[C@H](O[Si](C)(C)C)C(C)=C1C3(C)C)[C@]1(OC(C)=O)CO[C@@H]1C[C@@H]2C. The molecule has 46 heavy (non-hydrogen) atoms. The topological polar surface area (TPSA) is 135 Å². The van der Waals surface area contributed by atoms with E-state index in [1.54, 1.807) is 51.1 Å². The highest BCUT2D eigenvalue weighted by molar-refractivity contribution is 6.69. The first-order valence-electron chi connectivity index (χ1n) is 16.1. The van der Waals surface area contributed by atoms with Crippen molar-refractivity contribution in [2.45, 2.75) is 117 Å². The molecule has 3 aliphatic carbocycles. The number of carbonyl (C=O) groups excluding carboxylic acids is 4. The molecule has 1 N–H and O–H groups in total. The average Bonchev–Trinajstić information content (AvgIpc) is 2.94. The molecule has 3 fully saturated rings. The lowest BCUT2D eigenvalue weighted by atomic mass is 9.43. The van der Waals surface area contributed by atoms with Crippen molar-refractivity contribution in [3.63, 3.8) is 0 Å². The monoisotopic (exact) mass is 656 g/mol. The van der Waals surface area contributed by atoms with E-state index in [0.29, 0.717) is 17.6 Å². The Morgan fingerprint density at radius 3 is 2.15 bits per heavy atom. The predicted octanol–water partition coefficient (Wildman–Crippen LogP) is 4.79. The highest BCUT2D eigenvalue weighted by Gasteiger charge is 2.77. The van der Waals surface area contributed by atoms with Gasteiger partial charge in [-0.2, -0.15) is 0 Å². The van der Waals surface area contributed by atoms with Crippen molar-refractivity contribution in [3.8, 4) is 0 Å². The summed E-state index contributed by atoms with van der Waals surface area (Å²) < 4.78 is 31.3. The van der Waals surface area contributed by atoms with Crippen LogP contribution >= 0.6 is 0 Å². The van der Waals surface area contributed by atoms with Gasteiger partial charge in [-0.3, -0.25) is 14.4 Å². The van der Waals surface area contributed by atoms with E-state index >= 15 is 4.79 Å². The van der Waals surface area contributed by atoms with Crippen LogP contribution in [0.5, 0.6) is 0 Å². The number of esters is 3. The van der Waals surface area contributed by atoms with Crippen molar-refractivity contribution in [2.75, 3.05) is 6.61 Å². The van der Waals surface area contributed by atoms with Crippen molar-refractivity contribution in [2.24, 2.45) is 22.7 Å². The highest BCUT2D eigenvalue weighted by Crippen LogP contribution is 2.65. The van der Waals surface area contributed by atoms with E-state index in [4.69, 9.17) is 23.4 Å². The number of ether oxygens (including phenoxy) is 4. The molecule has 0 amide bonds. The molecule has 1 heterocycles. The van der Waals surface area contributed by atoms with Crippen molar-refractivity contribution in [1.29, 1.82) is 0 Å². The molecule has 252 valence electrons. The van der Waals surface area contributed by atoms with Gasteiger partial charge in [0.15, 0.2) is 25.8 Å². The fourth-order valence-corrected chi connectivity index (χ4v) is 9.85. The number of fused-ring (bicyclic) bond motifs is 5. The van der Waals surface area contributed by atoms with Crippen LogP contribution in [0, 0.1) is 22.7 Å². The van der Waals surface area contributed by atoms with Gasteiger partial charge in [-0.25, -0.2) is 4.79 Å². The summed E-state index contributed by atoms with van der Waals surface area (Å²) in [6.45, 7) is 17.7. The van der Waals surface area contributed by atoms with Gasteiger partial charge in [0.2, 0.25) is 0 Å². The van der Waals surface area contributed by atoms with Crippen LogP contribution in [-0.4, -0.2) is 79.3 Å². The van der Waals surface area contributed by atoms with Gasteiger partial charge in [-0.05, 0) is 62.2 Å². The maximum absolute atomic E-state index is 15.3. The Kier molecular flexibility index (Phi) is 8.53. The zero-order valence-corrected chi connectivity index (χ0v) is 29.6. The van der Waals surface area contributed by atoms with Crippen LogP contribution in [0.1, 0.15) is 71.7 Å². The van der Waals surface area contributed by atoms with Crippen LogP contribution < -0.4 is 0 Å². The lowest BCUT2D eigenvalue weighted by Gasteiger charge is -2.68. The van der Waals surface area contributed by atoms with Gasteiger partial charge in [0.1, 0.15) is 17.8 Å². The largest absolute Gasteiger partial charge is 0.455 e. The summed E-state index contributed by atoms with van der Waals surface area (Å²) in [5, 5.41) is 13.4. The molecular formula is C35H48O10Si. The first-order valence-corrected chi connectivity index (χ1v) is 19.5. The molecule has 1 aromatic carbocycles. The molecule has 2 bridgehead atoms. The fraction of sp³-hybridized carbons (Fsp3) is 0.657. The Morgan fingerprint density at radius 1 is 1.00 bits per heavy atom. The molecule has 0 aromatic heterocycles. The van der Waals surface area contributed by atoms with E-state index in [1.165, 1.54) is 13.8 Å². The lowest BCUT2D eigenvalue weighted by Crippen LogP contribution is -2.81. The molecule has 4 aliphatic rings. The number of hydrogen-bond donors (Lipinski definition) is 1. The van der Waals surface area contributed by atoms with E-state index in [9.17, 15) is 19.5 Å². The number of aliphatic hydroxyl groups is 1. The summed E-state index contributed by atoms with van der Waals surface area (Å²) in [6.07, 6.45) is -3.63. The number of rotatable bonds is 6. The summed E-state index contributed by atoms with van der Waals surface area (Å²) in [5.74, 6) is -3.81. The first kappa shape index (κ1) is 34.5.